The number of aromatic hydroxyl groups is 1. The van der Waals surface area contributed by atoms with Gasteiger partial charge in [-0.2, -0.15) is 0 Å². The molecule has 8 heteroatoms. The van der Waals surface area contributed by atoms with E-state index in [1.54, 1.807) is 6.07 Å². The van der Waals surface area contributed by atoms with E-state index >= 15 is 0 Å². The molecule has 1 aromatic carbocycles. The molecule has 0 spiro atoms. The van der Waals surface area contributed by atoms with Crippen molar-refractivity contribution in [3.63, 3.8) is 0 Å². The number of nitrogen functional groups attached to an aromatic ring is 1. The van der Waals surface area contributed by atoms with Crippen LogP contribution in [-0.4, -0.2) is 49.7 Å². The van der Waals surface area contributed by atoms with Crippen LogP contribution in [0, 0.1) is 0 Å². The van der Waals surface area contributed by atoms with Crippen molar-refractivity contribution in [2.24, 2.45) is 0 Å². The minimum absolute atomic E-state index is 0.134. The average molecular weight is 313 g/mol. The summed E-state index contributed by atoms with van der Waals surface area (Å²) in [5.74, 6) is -0.583. The Labute approximate surface area is 123 Å². The molecule has 4 N–H and O–H groups in total. The molecule has 1 heterocycles. The number of benzene rings is 1. The lowest BCUT2D eigenvalue weighted by Crippen LogP contribution is -2.49. The van der Waals surface area contributed by atoms with E-state index in [4.69, 9.17) is 5.73 Å². The fourth-order valence-corrected chi connectivity index (χ4v) is 3.26. The number of carbonyl (C=O) groups excluding carboxylic acids is 1. The first-order valence-electron chi connectivity index (χ1n) is 6.62. The number of nitrogens with two attached hydrogens (primary N) is 1. The van der Waals surface area contributed by atoms with Crippen LogP contribution in [0.4, 0.5) is 5.69 Å². The van der Waals surface area contributed by atoms with Gasteiger partial charge in [0.15, 0.2) is 5.75 Å². The van der Waals surface area contributed by atoms with Crippen molar-refractivity contribution in [1.29, 1.82) is 0 Å². The molecule has 1 aliphatic rings. The number of nitrogens with one attached hydrogen (secondary N) is 1. The van der Waals surface area contributed by atoms with Gasteiger partial charge < -0.3 is 15.7 Å². The molecule has 1 saturated heterocycles. The van der Waals surface area contributed by atoms with Crippen molar-refractivity contribution >= 4 is 21.6 Å². The van der Waals surface area contributed by atoms with Gasteiger partial charge in [-0.1, -0.05) is 6.07 Å². The van der Waals surface area contributed by atoms with Crippen molar-refractivity contribution in [3.8, 4) is 5.75 Å². The maximum atomic E-state index is 12.4. The third-order valence-corrected chi connectivity index (χ3v) is 4.15. The normalized spacial score (nSPS) is 19.5. The number of likely N-dealkylation sites (tertiary alicyclic amines) is 1. The van der Waals surface area contributed by atoms with Gasteiger partial charge in [-0.15, -0.1) is 0 Å². The Morgan fingerprint density at radius 1 is 1.48 bits per heavy atom. The van der Waals surface area contributed by atoms with E-state index in [0.717, 1.165) is 6.26 Å². The van der Waals surface area contributed by atoms with Gasteiger partial charge in [0.2, 0.25) is 10.0 Å². The Morgan fingerprint density at radius 3 is 2.86 bits per heavy atom. The Kier molecular flexibility index (Phi) is 4.38. The molecule has 0 aromatic heterocycles. The molecule has 1 amide bonds. The zero-order valence-electron chi connectivity index (χ0n) is 11.7. The molecule has 2 rings (SSSR count). The number of anilines is 1. The molecule has 1 unspecified atom stereocenters. The number of phenolic OH excluding ortho intramolecular Hbond substituents is 1. The third kappa shape index (κ3) is 3.85. The predicted octanol–water partition coefficient (Wildman–Crippen LogP) is 0.128. The molecular formula is C13H19N3O4S. The molecule has 1 atom stereocenters. The Hall–Kier alpha value is -1.80. The Balaban J connectivity index is 2.14. The average Bonchev–Trinajstić information content (AvgIpc) is 2.39. The summed E-state index contributed by atoms with van der Waals surface area (Å²) in [5, 5.41) is 9.87. The van der Waals surface area contributed by atoms with Crippen LogP contribution in [0.2, 0.25) is 0 Å². The van der Waals surface area contributed by atoms with Gasteiger partial charge in [-0.3, -0.25) is 4.79 Å². The molecule has 21 heavy (non-hydrogen) atoms. The number of amides is 1. The van der Waals surface area contributed by atoms with Crippen LogP contribution in [0.5, 0.6) is 5.75 Å². The number of carbonyl (C=O) groups is 1. The molecule has 1 aliphatic heterocycles. The second kappa shape index (κ2) is 5.90. The van der Waals surface area contributed by atoms with Crippen molar-refractivity contribution in [3.05, 3.63) is 23.8 Å². The number of nitrogens with zero attached hydrogens (tertiary/aromatic N) is 1. The molecule has 1 fully saturated rings. The molecule has 116 valence electrons. The summed E-state index contributed by atoms with van der Waals surface area (Å²) in [4.78, 5) is 13.9. The molecule has 0 bridgehead atoms. The number of phenols is 1. The summed E-state index contributed by atoms with van der Waals surface area (Å²) in [5.41, 5.74) is 5.86. The summed E-state index contributed by atoms with van der Waals surface area (Å²) >= 11 is 0. The molecular weight excluding hydrogens is 294 g/mol. The highest BCUT2D eigenvalue weighted by atomic mass is 32.2. The van der Waals surface area contributed by atoms with Gasteiger partial charge in [0.1, 0.15) is 0 Å². The maximum absolute atomic E-state index is 12.4. The number of para-hydroxylation sites is 1. The van der Waals surface area contributed by atoms with E-state index in [9.17, 15) is 18.3 Å². The van der Waals surface area contributed by atoms with Crippen LogP contribution in [0.25, 0.3) is 0 Å². The van der Waals surface area contributed by atoms with Crippen LogP contribution < -0.4 is 10.5 Å². The summed E-state index contributed by atoms with van der Waals surface area (Å²) in [6, 6.07) is 4.30. The van der Waals surface area contributed by atoms with E-state index in [1.165, 1.54) is 17.0 Å². The van der Waals surface area contributed by atoms with Crippen molar-refractivity contribution < 1.29 is 18.3 Å². The van der Waals surface area contributed by atoms with E-state index in [0.29, 0.717) is 19.4 Å². The van der Waals surface area contributed by atoms with E-state index < -0.39 is 10.0 Å². The monoisotopic (exact) mass is 313 g/mol. The van der Waals surface area contributed by atoms with Gasteiger partial charge in [0.25, 0.3) is 5.91 Å². The lowest BCUT2D eigenvalue weighted by Gasteiger charge is -2.33. The fraction of sp³-hybridized carbons (Fsp3) is 0.462. The summed E-state index contributed by atoms with van der Waals surface area (Å²) in [6.45, 7) is 0.801. The van der Waals surface area contributed by atoms with E-state index in [-0.39, 0.29) is 35.5 Å². The van der Waals surface area contributed by atoms with E-state index in [2.05, 4.69) is 4.72 Å². The number of piperidine rings is 1. The number of sulfonamides is 1. The highest BCUT2D eigenvalue weighted by molar-refractivity contribution is 7.88. The first-order valence-corrected chi connectivity index (χ1v) is 8.51. The van der Waals surface area contributed by atoms with Gasteiger partial charge in [0, 0.05) is 19.1 Å². The van der Waals surface area contributed by atoms with Crippen LogP contribution in [0.3, 0.4) is 0 Å². The van der Waals surface area contributed by atoms with Crippen LogP contribution in [0.15, 0.2) is 18.2 Å². The lowest BCUT2D eigenvalue weighted by atomic mass is 10.0. The molecule has 0 aliphatic carbocycles. The standard InChI is InChI=1S/C13H19N3O4S/c1-21(19,20)15-9-4-3-7-16(8-9)13(18)10-5-2-6-11(14)12(10)17/h2,5-6,9,15,17H,3-4,7-8,14H2,1H3. The lowest BCUT2D eigenvalue weighted by molar-refractivity contribution is 0.0700. The van der Waals surface area contributed by atoms with Crippen molar-refractivity contribution in [1.82, 2.24) is 9.62 Å². The van der Waals surface area contributed by atoms with Gasteiger partial charge in [0.05, 0.1) is 17.5 Å². The smallest absolute Gasteiger partial charge is 0.257 e. The summed E-state index contributed by atoms with van der Waals surface area (Å²) in [7, 11) is -3.31. The van der Waals surface area contributed by atoms with Crippen LogP contribution in [0.1, 0.15) is 23.2 Å². The van der Waals surface area contributed by atoms with Crippen molar-refractivity contribution in [2.45, 2.75) is 18.9 Å². The first-order chi connectivity index (χ1) is 9.78. The Bertz CT molecular complexity index is 645. The Morgan fingerprint density at radius 2 is 2.19 bits per heavy atom. The highest BCUT2D eigenvalue weighted by Gasteiger charge is 2.27. The quantitative estimate of drug-likeness (QED) is 0.542. The summed E-state index contributed by atoms with van der Waals surface area (Å²) in [6.07, 6.45) is 2.47. The van der Waals surface area contributed by atoms with Gasteiger partial charge >= 0.3 is 0 Å². The van der Waals surface area contributed by atoms with Crippen molar-refractivity contribution in [2.75, 3.05) is 25.1 Å². The fourth-order valence-electron chi connectivity index (χ4n) is 2.46. The third-order valence-electron chi connectivity index (χ3n) is 3.39. The topological polar surface area (TPSA) is 113 Å². The largest absolute Gasteiger partial charge is 0.505 e. The van der Waals surface area contributed by atoms with Gasteiger partial charge in [-0.05, 0) is 25.0 Å². The molecule has 7 nitrogen and oxygen atoms in total. The predicted molar refractivity (Wildman–Crippen MR) is 79.4 cm³/mol. The maximum Gasteiger partial charge on any atom is 0.257 e. The number of hydrogen-bond acceptors (Lipinski definition) is 5. The zero-order valence-corrected chi connectivity index (χ0v) is 12.6. The zero-order chi connectivity index (χ0) is 15.6. The molecule has 1 aromatic rings. The second-order valence-corrected chi connectivity index (χ2v) is 7.00. The van der Waals surface area contributed by atoms with Gasteiger partial charge in [-0.25, -0.2) is 13.1 Å². The number of rotatable bonds is 3. The van der Waals surface area contributed by atoms with Crippen LogP contribution >= 0.6 is 0 Å². The minimum atomic E-state index is -3.31. The van der Waals surface area contributed by atoms with E-state index in [1.807, 2.05) is 0 Å². The van der Waals surface area contributed by atoms with Crippen LogP contribution in [-0.2, 0) is 10.0 Å². The SMILES string of the molecule is CS(=O)(=O)NC1CCCN(C(=O)c2cccc(N)c2O)C1. The second-order valence-electron chi connectivity index (χ2n) is 5.22. The molecule has 0 radical (unpaired) electrons. The highest BCUT2D eigenvalue weighted by Crippen LogP contribution is 2.26. The first kappa shape index (κ1) is 15.6. The number of hydrogen-bond donors (Lipinski definition) is 3. The molecule has 0 saturated carbocycles. The minimum Gasteiger partial charge on any atom is -0.505 e. The summed E-state index contributed by atoms with van der Waals surface area (Å²) < 4.78 is 25.1.